The summed E-state index contributed by atoms with van der Waals surface area (Å²) < 4.78 is 13.1. The van der Waals surface area contributed by atoms with Gasteiger partial charge in [0.25, 0.3) is 0 Å². The smallest absolute Gasteiger partial charge is 0.145 e. The summed E-state index contributed by atoms with van der Waals surface area (Å²) in [5, 5.41) is 1.87. The van der Waals surface area contributed by atoms with Crippen molar-refractivity contribution in [3.63, 3.8) is 0 Å². The van der Waals surface area contributed by atoms with E-state index >= 15 is 0 Å². The molecule has 0 saturated heterocycles. The van der Waals surface area contributed by atoms with Crippen LogP contribution in [-0.2, 0) is 0 Å². The van der Waals surface area contributed by atoms with Crippen LogP contribution in [0.3, 0.4) is 0 Å². The summed E-state index contributed by atoms with van der Waals surface area (Å²) in [6.45, 7) is 1.64. The highest BCUT2D eigenvalue weighted by Crippen LogP contribution is 2.19. The van der Waals surface area contributed by atoms with E-state index in [-0.39, 0.29) is 5.82 Å². The average molecular weight is 194 g/mol. The van der Waals surface area contributed by atoms with Gasteiger partial charge in [-0.15, -0.1) is 11.3 Å². The third-order valence-electron chi connectivity index (χ3n) is 1.75. The fourth-order valence-electron chi connectivity index (χ4n) is 1.00. The van der Waals surface area contributed by atoms with E-state index in [2.05, 4.69) is 9.97 Å². The molecule has 0 spiro atoms. The number of hydrogen-bond donors (Lipinski definition) is 0. The van der Waals surface area contributed by atoms with Crippen LogP contribution in [0.5, 0.6) is 0 Å². The second kappa shape index (κ2) is 3.22. The largest absolute Gasteiger partial charge is 0.258 e. The molecule has 2 heterocycles. The summed E-state index contributed by atoms with van der Waals surface area (Å²) >= 11 is 1.48. The lowest BCUT2D eigenvalue weighted by molar-refractivity contribution is 0.610. The van der Waals surface area contributed by atoms with Crippen molar-refractivity contribution < 1.29 is 4.39 Å². The first-order valence-corrected chi connectivity index (χ1v) is 4.72. The Kier molecular flexibility index (Phi) is 2.06. The molecular weight excluding hydrogens is 187 g/mol. The quantitative estimate of drug-likeness (QED) is 0.697. The van der Waals surface area contributed by atoms with Crippen LogP contribution in [0.4, 0.5) is 4.39 Å². The monoisotopic (exact) mass is 194 g/mol. The maximum absolute atomic E-state index is 13.1. The van der Waals surface area contributed by atoms with Crippen LogP contribution in [0.25, 0.3) is 11.3 Å². The lowest BCUT2D eigenvalue weighted by Gasteiger charge is -1.98. The number of halogens is 1. The van der Waals surface area contributed by atoms with E-state index in [0.29, 0.717) is 5.69 Å². The van der Waals surface area contributed by atoms with Gasteiger partial charge in [0.05, 0.1) is 16.9 Å². The highest BCUT2D eigenvalue weighted by Gasteiger charge is 2.03. The Balaban J connectivity index is 2.49. The van der Waals surface area contributed by atoms with Crippen LogP contribution in [0, 0.1) is 12.7 Å². The first-order valence-electron chi connectivity index (χ1n) is 3.78. The Hall–Kier alpha value is -1.29. The molecule has 2 rings (SSSR count). The van der Waals surface area contributed by atoms with Crippen molar-refractivity contribution in [1.82, 2.24) is 9.97 Å². The average Bonchev–Trinajstić information content (AvgIpc) is 2.62. The fourth-order valence-corrected chi connectivity index (χ4v) is 1.56. The highest BCUT2D eigenvalue weighted by molar-refractivity contribution is 7.07. The Morgan fingerprint density at radius 1 is 1.38 bits per heavy atom. The van der Waals surface area contributed by atoms with Crippen LogP contribution < -0.4 is 0 Å². The summed E-state index contributed by atoms with van der Waals surface area (Å²) in [4.78, 5) is 7.99. The molecule has 2 aromatic heterocycles. The molecule has 0 bridgehead atoms. The molecule has 0 aliphatic rings. The Bertz CT molecular complexity index is 412. The molecule has 0 fully saturated rings. The van der Waals surface area contributed by atoms with Gasteiger partial charge in [0.15, 0.2) is 0 Å². The van der Waals surface area contributed by atoms with Gasteiger partial charge in [0.2, 0.25) is 0 Å². The SMILES string of the molecule is Cc1ncc(-c2cscn2)cc1F. The molecule has 0 aliphatic carbocycles. The van der Waals surface area contributed by atoms with Crippen LogP contribution in [0.15, 0.2) is 23.2 Å². The molecule has 0 atom stereocenters. The third-order valence-corrected chi connectivity index (χ3v) is 2.34. The zero-order valence-electron chi connectivity index (χ0n) is 6.99. The van der Waals surface area contributed by atoms with Crippen LogP contribution in [0.2, 0.25) is 0 Å². The number of pyridine rings is 1. The first-order chi connectivity index (χ1) is 6.27. The molecule has 0 aliphatic heterocycles. The molecule has 0 unspecified atom stereocenters. The second-order valence-corrected chi connectivity index (χ2v) is 3.38. The zero-order chi connectivity index (χ0) is 9.26. The van der Waals surface area contributed by atoms with Crippen molar-refractivity contribution in [3.05, 3.63) is 34.7 Å². The number of hydrogen-bond acceptors (Lipinski definition) is 3. The topological polar surface area (TPSA) is 25.8 Å². The number of nitrogens with zero attached hydrogens (tertiary/aromatic N) is 2. The summed E-state index contributed by atoms with van der Waals surface area (Å²) in [5.74, 6) is -0.287. The highest BCUT2D eigenvalue weighted by atomic mass is 32.1. The minimum Gasteiger partial charge on any atom is -0.258 e. The van der Waals surface area contributed by atoms with Crippen molar-refractivity contribution in [3.8, 4) is 11.3 Å². The van der Waals surface area contributed by atoms with Crippen molar-refractivity contribution in [2.24, 2.45) is 0 Å². The van der Waals surface area contributed by atoms with Gasteiger partial charge >= 0.3 is 0 Å². The van der Waals surface area contributed by atoms with Crippen LogP contribution in [-0.4, -0.2) is 9.97 Å². The zero-order valence-corrected chi connectivity index (χ0v) is 7.81. The minimum atomic E-state index is -0.287. The lowest BCUT2D eigenvalue weighted by atomic mass is 10.2. The first kappa shape index (κ1) is 8.31. The third kappa shape index (κ3) is 1.58. The van der Waals surface area contributed by atoms with Gasteiger partial charge in [-0.2, -0.15) is 0 Å². The lowest BCUT2D eigenvalue weighted by Crippen LogP contribution is -1.88. The van der Waals surface area contributed by atoms with Crippen molar-refractivity contribution in [2.45, 2.75) is 6.92 Å². The number of thiazole rings is 1. The van der Waals surface area contributed by atoms with Crippen molar-refractivity contribution in [2.75, 3.05) is 0 Å². The molecule has 0 radical (unpaired) electrons. The molecular formula is C9H7FN2S. The van der Waals surface area contributed by atoms with Gasteiger partial charge in [-0.1, -0.05) is 0 Å². The van der Waals surface area contributed by atoms with Gasteiger partial charge in [-0.25, -0.2) is 9.37 Å². The van der Waals surface area contributed by atoms with E-state index in [1.807, 2.05) is 5.38 Å². The number of rotatable bonds is 1. The second-order valence-electron chi connectivity index (χ2n) is 2.66. The fraction of sp³-hybridized carbons (Fsp3) is 0.111. The Morgan fingerprint density at radius 2 is 2.23 bits per heavy atom. The van der Waals surface area contributed by atoms with Crippen molar-refractivity contribution >= 4 is 11.3 Å². The molecule has 4 heteroatoms. The van der Waals surface area contributed by atoms with E-state index in [1.54, 1.807) is 18.6 Å². The number of aromatic nitrogens is 2. The van der Waals surface area contributed by atoms with Gasteiger partial charge in [-0.05, 0) is 13.0 Å². The van der Waals surface area contributed by atoms with Crippen LogP contribution in [0.1, 0.15) is 5.69 Å². The van der Waals surface area contributed by atoms with Gasteiger partial charge in [0.1, 0.15) is 5.82 Å². The predicted octanol–water partition coefficient (Wildman–Crippen LogP) is 2.65. The maximum atomic E-state index is 13.1. The summed E-state index contributed by atoms with van der Waals surface area (Å²) in [6, 6.07) is 1.46. The molecule has 0 saturated carbocycles. The van der Waals surface area contributed by atoms with Gasteiger partial charge in [0, 0.05) is 17.1 Å². The van der Waals surface area contributed by atoms with Crippen LogP contribution >= 0.6 is 11.3 Å². The molecule has 0 amide bonds. The summed E-state index contributed by atoms with van der Waals surface area (Å²) in [7, 11) is 0. The standard InChI is InChI=1S/C9H7FN2S/c1-6-8(10)2-7(3-11-6)9-4-13-5-12-9/h2-5H,1H3. The predicted molar refractivity (Wildman–Crippen MR) is 50.0 cm³/mol. The summed E-state index contributed by atoms with van der Waals surface area (Å²) in [6.07, 6.45) is 1.63. The van der Waals surface area contributed by atoms with E-state index in [0.717, 1.165) is 11.3 Å². The van der Waals surface area contributed by atoms with E-state index in [4.69, 9.17) is 0 Å². The molecule has 0 aromatic carbocycles. The van der Waals surface area contributed by atoms with Crippen molar-refractivity contribution in [1.29, 1.82) is 0 Å². The van der Waals surface area contributed by atoms with E-state index < -0.39 is 0 Å². The van der Waals surface area contributed by atoms with E-state index in [1.165, 1.54) is 17.4 Å². The van der Waals surface area contributed by atoms with E-state index in [9.17, 15) is 4.39 Å². The maximum Gasteiger partial charge on any atom is 0.145 e. The van der Waals surface area contributed by atoms with Gasteiger partial charge < -0.3 is 0 Å². The molecule has 2 aromatic rings. The Morgan fingerprint density at radius 3 is 2.85 bits per heavy atom. The molecule has 0 N–H and O–H groups in total. The molecule has 2 nitrogen and oxygen atoms in total. The molecule has 66 valence electrons. The minimum absolute atomic E-state index is 0.287. The molecule has 13 heavy (non-hydrogen) atoms. The Labute approximate surface area is 79.1 Å². The summed E-state index contributed by atoms with van der Waals surface area (Å²) in [5.41, 5.74) is 3.63. The number of aryl methyl sites for hydroxylation is 1. The normalized spacial score (nSPS) is 10.3. The van der Waals surface area contributed by atoms with Gasteiger partial charge in [-0.3, -0.25) is 4.98 Å².